The van der Waals surface area contributed by atoms with Gasteiger partial charge in [0.25, 0.3) is 0 Å². The molecule has 6 nitrogen and oxygen atoms in total. The fraction of sp³-hybridized carbons (Fsp3) is 0.867. The Kier molecular flexibility index (Phi) is 4.63. The van der Waals surface area contributed by atoms with Gasteiger partial charge in [-0.3, -0.25) is 5.32 Å². The van der Waals surface area contributed by atoms with Crippen LogP contribution in [-0.2, 0) is 0 Å². The predicted molar refractivity (Wildman–Crippen MR) is 85.8 cm³/mol. The Labute approximate surface area is 127 Å². The zero-order chi connectivity index (χ0) is 14.7. The van der Waals surface area contributed by atoms with Crippen LogP contribution in [0.1, 0.15) is 64.2 Å². The summed E-state index contributed by atoms with van der Waals surface area (Å²) in [5, 5.41) is 3.66. The highest BCUT2D eigenvalue weighted by Gasteiger charge is 2.33. The lowest BCUT2D eigenvalue weighted by molar-refractivity contribution is 0.146. The third-order valence-corrected chi connectivity index (χ3v) is 4.97. The highest BCUT2D eigenvalue weighted by molar-refractivity contribution is 5.95. The monoisotopic (exact) mass is 292 g/mol. The van der Waals surface area contributed by atoms with E-state index >= 15 is 0 Å². The van der Waals surface area contributed by atoms with Gasteiger partial charge in [0.2, 0.25) is 11.9 Å². The minimum atomic E-state index is -0.131. The first-order chi connectivity index (χ1) is 10.2. The van der Waals surface area contributed by atoms with Crippen molar-refractivity contribution < 1.29 is 0 Å². The molecule has 0 aromatic carbocycles. The zero-order valence-electron chi connectivity index (χ0n) is 12.8. The molecule has 0 aromatic rings. The molecule has 0 saturated heterocycles. The fourth-order valence-electron chi connectivity index (χ4n) is 3.86. The molecule has 1 atom stereocenters. The molecule has 21 heavy (non-hydrogen) atoms. The van der Waals surface area contributed by atoms with Crippen molar-refractivity contribution in [2.75, 3.05) is 0 Å². The molecule has 1 unspecified atom stereocenters. The lowest BCUT2D eigenvalue weighted by Gasteiger charge is -2.42. The van der Waals surface area contributed by atoms with Crippen molar-refractivity contribution in [3.63, 3.8) is 0 Å². The van der Waals surface area contributed by atoms with E-state index < -0.39 is 0 Å². The number of hydrogen-bond acceptors (Lipinski definition) is 6. The summed E-state index contributed by atoms with van der Waals surface area (Å²) in [6, 6.07) is 0.970. The largest absolute Gasteiger partial charge is 0.369 e. The lowest BCUT2D eigenvalue weighted by atomic mass is 9.93. The summed E-state index contributed by atoms with van der Waals surface area (Å²) in [4.78, 5) is 10.9. The fourth-order valence-corrected chi connectivity index (χ4v) is 3.86. The van der Waals surface area contributed by atoms with Gasteiger partial charge < -0.3 is 16.4 Å². The summed E-state index contributed by atoms with van der Waals surface area (Å²) in [5.41, 5.74) is 12.0. The van der Waals surface area contributed by atoms with Crippen molar-refractivity contribution in [3.05, 3.63) is 0 Å². The number of aliphatic imine (C=N–C) groups is 2. The number of guanidine groups is 2. The first-order valence-corrected chi connectivity index (χ1v) is 8.46. The van der Waals surface area contributed by atoms with E-state index in [4.69, 9.17) is 11.5 Å². The molecule has 0 spiro atoms. The Morgan fingerprint density at radius 2 is 1.52 bits per heavy atom. The Morgan fingerprint density at radius 3 is 2.19 bits per heavy atom. The van der Waals surface area contributed by atoms with Gasteiger partial charge >= 0.3 is 0 Å². The van der Waals surface area contributed by atoms with E-state index in [1.54, 1.807) is 0 Å². The topological polar surface area (TPSA) is 92.0 Å². The van der Waals surface area contributed by atoms with Crippen molar-refractivity contribution in [1.82, 2.24) is 10.2 Å². The molecule has 2 saturated carbocycles. The van der Waals surface area contributed by atoms with Gasteiger partial charge in [0.15, 0.2) is 6.29 Å². The van der Waals surface area contributed by atoms with Crippen molar-refractivity contribution >= 4 is 11.9 Å². The van der Waals surface area contributed by atoms with E-state index in [0.29, 0.717) is 24.0 Å². The van der Waals surface area contributed by atoms with Crippen molar-refractivity contribution in [2.24, 2.45) is 21.5 Å². The Balaban J connectivity index is 1.71. The number of nitrogens with zero attached hydrogens (tertiary/aromatic N) is 3. The standard InChI is InChI=1S/C15H28N6/c16-13-19-14(17)21(12-9-5-2-6-10-12)15(20-13)18-11-7-3-1-4-8-11/h11-12,15,18H,1-10H2,(H4,16,17,19,20). The molecule has 3 aliphatic rings. The normalized spacial score (nSPS) is 29.1. The van der Waals surface area contributed by atoms with Gasteiger partial charge in [0, 0.05) is 12.1 Å². The second kappa shape index (κ2) is 6.64. The molecule has 0 radical (unpaired) electrons. The predicted octanol–water partition coefficient (Wildman–Crippen LogP) is 1.47. The third kappa shape index (κ3) is 3.48. The van der Waals surface area contributed by atoms with Gasteiger partial charge in [0.05, 0.1) is 0 Å². The highest BCUT2D eigenvalue weighted by atomic mass is 15.5. The summed E-state index contributed by atoms with van der Waals surface area (Å²) in [6.07, 6.45) is 12.5. The van der Waals surface area contributed by atoms with Gasteiger partial charge in [-0.25, -0.2) is 4.99 Å². The van der Waals surface area contributed by atoms with Crippen LogP contribution in [0.3, 0.4) is 0 Å². The van der Waals surface area contributed by atoms with Gasteiger partial charge in [-0.15, -0.1) is 0 Å². The van der Waals surface area contributed by atoms with Crippen molar-refractivity contribution in [1.29, 1.82) is 0 Å². The quantitative estimate of drug-likeness (QED) is 0.734. The van der Waals surface area contributed by atoms with Crippen LogP contribution in [-0.4, -0.2) is 35.2 Å². The molecule has 118 valence electrons. The van der Waals surface area contributed by atoms with Crippen LogP contribution in [0.5, 0.6) is 0 Å². The summed E-state index contributed by atoms with van der Waals surface area (Å²) < 4.78 is 0. The molecule has 0 amide bonds. The Bertz CT molecular complexity index is 406. The van der Waals surface area contributed by atoms with Gasteiger partial charge in [-0.1, -0.05) is 38.5 Å². The smallest absolute Gasteiger partial charge is 0.221 e. The number of nitrogens with two attached hydrogens (primary N) is 2. The summed E-state index contributed by atoms with van der Waals surface area (Å²) in [6.45, 7) is 0. The van der Waals surface area contributed by atoms with Gasteiger partial charge in [-0.2, -0.15) is 4.99 Å². The molecule has 0 bridgehead atoms. The SMILES string of the molecule is NC1=NC(NC2CCCCC2)N(C2CCCCC2)C(N)=N1. The Hall–Kier alpha value is -1.30. The second-order valence-electron chi connectivity index (χ2n) is 6.53. The van der Waals surface area contributed by atoms with Crippen LogP contribution in [0.25, 0.3) is 0 Å². The number of hydrogen-bond donors (Lipinski definition) is 3. The highest BCUT2D eigenvalue weighted by Crippen LogP contribution is 2.26. The summed E-state index contributed by atoms with van der Waals surface area (Å²) >= 11 is 0. The van der Waals surface area contributed by atoms with E-state index in [2.05, 4.69) is 20.2 Å². The minimum absolute atomic E-state index is 0.131. The number of rotatable bonds is 3. The average Bonchev–Trinajstić information content (AvgIpc) is 2.48. The van der Waals surface area contributed by atoms with Crippen LogP contribution in [0, 0.1) is 0 Å². The second-order valence-corrected chi connectivity index (χ2v) is 6.53. The maximum Gasteiger partial charge on any atom is 0.221 e. The molecule has 2 fully saturated rings. The van der Waals surface area contributed by atoms with Crippen LogP contribution in [0.2, 0.25) is 0 Å². The van der Waals surface area contributed by atoms with Gasteiger partial charge in [-0.05, 0) is 25.7 Å². The Morgan fingerprint density at radius 1 is 0.905 bits per heavy atom. The van der Waals surface area contributed by atoms with E-state index in [1.807, 2.05) is 0 Å². The lowest BCUT2D eigenvalue weighted by Crippen LogP contribution is -2.60. The van der Waals surface area contributed by atoms with Crippen LogP contribution < -0.4 is 16.8 Å². The first-order valence-electron chi connectivity index (χ1n) is 8.46. The van der Waals surface area contributed by atoms with E-state index in [1.165, 1.54) is 64.2 Å². The molecule has 1 heterocycles. The van der Waals surface area contributed by atoms with E-state index in [9.17, 15) is 0 Å². The third-order valence-electron chi connectivity index (χ3n) is 4.97. The average molecular weight is 292 g/mol. The van der Waals surface area contributed by atoms with Crippen molar-refractivity contribution in [2.45, 2.75) is 82.6 Å². The van der Waals surface area contributed by atoms with Crippen LogP contribution in [0.15, 0.2) is 9.98 Å². The van der Waals surface area contributed by atoms with Gasteiger partial charge in [0.1, 0.15) is 0 Å². The van der Waals surface area contributed by atoms with E-state index in [-0.39, 0.29) is 6.29 Å². The van der Waals surface area contributed by atoms with Crippen molar-refractivity contribution in [3.8, 4) is 0 Å². The molecule has 3 rings (SSSR count). The zero-order valence-corrected chi connectivity index (χ0v) is 12.8. The summed E-state index contributed by atoms with van der Waals surface area (Å²) in [5.74, 6) is 0.829. The summed E-state index contributed by atoms with van der Waals surface area (Å²) in [7, 11) is 0. The molecule has 6 heteroatoms. The molecule has 2 aliphatic carbocycles. The van der Waals surface area contributed by atoms with E-state index in [0.717, 1.165) is 0 Å². The first kappa shape index (κ1) is 14.6. The van der Waals surface area contributed by atoms with Crippen LogP contribution >= 0.6 is 0 Å². The molecule has 5 N–H and O–H groups in total. The number of nitrogens with one attached hydrogen (secondary N) is 1. The van der Waals surface area contributed by atoms with Crippen LogP contribution in [0.4, 0.5) is 0 Å². The minimum Gasteiger partial charge on any atom is -0.369 e. The molecular formula is C15H28N6. The molecule has 0 aromatic heterocycles. The maximum atomic E-state index is 6.17. The maximum absolute atomic E-state index is 6.17. The molecule has 1 aliphatic heterocycles. The molecular weight excluding hydrogens is 264 g/mol.